The van der Waals surface area contributed by atoms with Crippen molar-refractivity contribution in [1.29, 1.82) is 0 Å². The molecule has 1 aromatic carbocycles. The van der Waals surface area contributed by atoms with Crippen molar-refractivity contribution in [1.82, 2.24) is 21.3 Å². The van der Waals surface area contributed by atoms with Crippen LogP contribution >= 0.6 is 12.4 Å². The topological polar surface area (TPSA) is 82.3 Å². The van der Waals surface area contributed by atoms with Crippen LogP contribution in [-0.2, 0) is 11.3 Å². The minimum atomic E-state index is -0.557. The van der Waals surface area contributed by atoms with E-state index in [2.05, 4.69) is 28.2 Å². The van der Waals surface area contributed by atoms with Crippen LogP contribution < -0.4 is 21.3 Å². The monoisotopic (exact) mass is 400 g/mol. The molecule has 2 rings (SSSR count). The lowest BCUT2D eigenvalue weighted by atomic mass is 10.00. The molecule has 8 heteroatoms. The van der Waals surface area contributed by atoms with Crippen molar-refractivity contribution in [3.63, 3.8) is 0 Å². The van der Waals surface area contributed by atoms with Crippen LogP contribution in [0.15, 0.2) is 24.3 Å². The Morgan fingerprint density at radius 1 is 1.30 bits per heavy atom. The summed E-state index contributed by atoms with van der Waals surface area (Å²) in [6.45, 7) is 5.24. The number of piperidine rings is 1. The highest BCUT2D eigenvalue weighted by Crippen LogP contribution is 2.09. The quantitative estimate of drug-likeness (QED) is 0.567. The van der Waals surface area contributed by atoms with Crippen molar-refractivity contribution in [3.8, 4) is 0 Å². The molecule has 0 bridgehead atoms. The fourth-order valence-electron chi connectivity index (χ4n) is 3.12. The van der Waals surface area contributed by atoms with E-state index in [0.29, 0.717) is 12.5 Å². The van der Waals surface area contributed by atoms with Gasteiger partial charge in [-0.1, -0.05) is 25.5 Å². The largest absolute Gasteiger partial charge is 0.351 e. The van der Waals surface area contributed by atoms with Crippen LogP contribution in [0.1, 0.15) is 45.1 Å². The lowest BCUT2D eigenvalue weighted by Crippen LogP contribution is -2.54. The zero-order chi connectivity index (χ0) is 18.9. The third kappa shape index (κ3) is 8.13. The van der Waals surface area contributed by atoms with E-state index < -0.39 is 12.1 Å². The van der Waals surface area contributed by atoms with Gasteiger partial charge in [0.2, 0.25) is 5.91 Å². The second-order valence-corrected chi connectivity index (χ2v) is 6.88. The number of benzene rings is 1. The zero-order valence-corrected chi connectivity index (χ0v) is 16.7. The van der Waals surface area contributed by atoms with Crippen molar-refractivity contribution in [2.75, 3.05) is 6.54 Å². The van der Waals surface area contributed by atoms with Crippen LogP contribution in [0.2, 0.25) is 0 Å². The molecule has 0 aliphatic carbocycles. The minimum Gasteiger partial charge on any atom is -0.351 e. The van der Waals surface area contributed by atoms with Crippen LogP contribution in [-0.4, -0.2) is 36.6 Å². The van der Waals surface area contributed by atoms with E-state index >= 15 is 0 Å². The molecule has 0 saturated carbocycles. The average Bonchev–Trinajstić information content (AvgIpc) is 2.61. The summed E-state index contributed by atoms with van der Waals surface area (Å²) in [4.78, 5) is 24.7. The molecule has 27 heavy (non-hydrogen) atoms. The Bertz CT molecular complexity index is 600. The number of carbonyl (C=O) groups is 2. The van der Waals surface area contributed by atoms with Gasteiger partial charge in [0.15, 0.2) is 0 Å². The summed E-state index contributed by atoms with van der Waals surface area (Å²) in [7, 11) is 0. The minimum absolute atomic E-state index is 0. The zero-order valence-electron chi connectivity index (χ0n) is 15.9. The Morgan fingerprint density at radius 2 is 2.00 bits per heavy atom. The van der Waals surface area contributed by atoms with Crippen LogP contribution in [0.25, 0.3) is 0 Å². The summed E-state index contributed by atoms with van der Waals surface area (Å²) in [6.07, 6.45) is 3.16. The molecule has 0 aromatic heterocycles. The van der Waals surface area contributed by atoms with E-state index in [4.69, 9.17) is 0 Å². The Labute approximate surface area is 166 Å². The Kier molecular flexibility index (Phi) is 10.1. The van der Waals surface area contributed by atoms with Crippen molar-refractivity contribution in [2.24, 2.45) is 0 Å². The van der Waals surface area contributed by atoms with E-state index in [-0.39, 0.29) is 36.7 Å². The Balaban J connectivity index is 0.00000364. The number of amides is 3. The number of halogens is 2. The molecule has 0 spiro atoms. The summed E-state index contributed by atoms with van der Waals surface area (Å²) >= 11 is 0. The van der Waals surface area contributed by atoms with Gasteiger partial charge in [0.25, 0.3) is 0 Å². The van der Waals surface area contributed by atoms with Gasteiger partial charge in [-0.25, -0.2) is 9.18 Å². The predicted molar refractivity (Wildman–Crippen MR) is 106 cm³/mol. The van der Waals surface area contributed by atoms with Crippen molar-refractivity contribution < 1.29 is 14.0 Å². The van der Waals surface area contributed by atoms with Gasteiger partial charge < -0.3 is 21.3 Å². The second-order valence-electron chi connectivity index (χ2n) is 6.88. The second kappa shape index (κ2) is 11.8. The Morgan fingerprint density at radius 3 is 2.63 bits per heavy atom. The molecular formula is C19H30ClFN4O2. The maximum atomic E-state index is 12.9. The van der Waals surface area contributed by atoms with Crippen LogP contribution in [0, 0.1) is 5.82 Å². The molecule has 1 fully saturated rings. The smallest absolute Gasteiger partial charge is 0.315 e. The maximum Gasteiger partial charge on any atom is 0.315 e. The van der Waals surface area contributed by atoms with Gasteiger partial charge in [0.1, 0.15) is 11.9 Å². The van der Waals surface area contributed by atoms with Gasteiger partial charge in [-0.05, 0) is 50.4 Å². The van der Waals surface area contributed by atoms with Gasteiger partial charge in [-0.3, -0.25) is 4.79 Å². The summed E-state index contributed by atoms with van der Waals surface area (Å²) in [5, 5.41) is 11.9. The normalized spacial score (nSPS) is 20.1. The first-order valence-electron chi connectivity index (χ1n) is 9.30. The molecule has 0 radical (unpaired) electrons. The fraction of sp³-hybridized carbons (Fsp3) is 0.579. The summed E-state index contributed by atoms with van der Waals surface area (Å²) in [5.41, 5.74) is 0.793. The molecule has 1 saturated heterocycles. The first-order chi connectivity index (χ1) is 12.5. The molecule has 1 aliphatic rings. The van der Waals surface area contributed by atoms with Crippen molar-refractivity contribution in [2.45, 2.75) is 64.2 Å². The molecule has 3 amide bonds. The molecule has 1 heterocycles. The first-order valence-corrected chi connectivity index (χ1v) is 9.30. The first kappa shape index (κ1) is 23.2. The highest BCUT2D eigenvalue weighted by atomic mass is 35.5. The van der Waals surface area contributed by atoms with Crippen LogP contribution in [0.3, 0.4) is 0 Å². The number of hydrogen-bond donors (Lipinski definition) is 4. The SMILES string of the molecule is CCCC(NC(=O)NCc1ccc(F)cc1)C(=O)NC1CCNC(C)C1.Cl. The van der Waals surface area contributed by atoms with Gasteiger partial charge in [0, 0.05) is 18.6 Å². The maximum absolute atomic E-state index is 12.9. The van der Waals surface area contributed by atoms with E-state index in [1.807, 2.05) is 6.92 Å². The molecule has 3 atom stereocenters. The summed E-state index contributed by atoms with van der Waals surface area (Å²) in [5.74, 6) is -0.451. The van der Waals surface area contributed by atoms with Crippen molar-refractivity contribution in [3.05, 3.63) is 35.6 Å². The summed E-state index contributed by atoms with van der Waals surface area (Å²) < 4.78 is 12.9. The third-order valence-electron chi connectivity index (χ3n) is 4.54. The molecular weight excluding hydrogens is 371 g/mol. The highest BCUT2D eigenvalue weighted by Gasteiger charge is 2.25. The lowest BCUT2D eigenvalue weighted by Gasteiger charge is -2.30. The molecule has 6 nitrogen and oxygen atoms in total. The van der Waals surface area contributed by atoms with Gasteiger partial charge in [-0.15, -0.1) is 12.4 Å². The molecule has 4 N–H and O–H groups in total. The third-order valence-corrected chi connectivity index (χ3v) is 4.54. The number of nitrogens with one attached hydrogen (secondary N) is 4. The van der Waals surface area contributed by atoms with E-state index in [9.17, 15) is 14.0 Å². The van der Waals surface area contributed by atoms with Gasteiger partial charge in [-0.2, -0.15) is 0 Å². The number of urea groups is 1. The molecule has 152 valence electrons. The standard InChI is InChI=1S/C19H29FN4O2.ClH/c1-3-4-17(18(25)23-16-9-10-21-13(2)11-16)24-19(26)22-12-14-5-7-15(20)8-6-14;/h5-8,13,16-17,21H,3-4,9-12H2,1-2H3,(H,23,25)(H2,22,24,26);1H. The average molecular weight is 401 g/mol. The molecule has 1 aliphatic heterocycles. The number of hydrogen-bond acceptors (Lipinski definition) is 3. The van der Waals surface area contributed by atoms with E-state index in [0.717, 1.165) is 31.4 Å². The highest BCUT2D eigenvalue weighted by molar-refractivity contribution is 5.87. The number of rotatable bonds is 7. The fourth-order valence-corrected chi connectivity index (χ4v) is 3.12. The predicted octanol–water partition coefficient (Wildman–Crippen LogP) is 2.47. The molecule has 1 aromatic rings. The Hall–Kier alpha value is -1.86. The van der Waals surface area contributed by atoms with Crippen molar-refractivity contribution >= 4 is 24.3 Å². The van der Waals surface area contributed by atoms with E-state index in [1.165, 1.54) is 12.1 Å². The number of carbonyl (C=O) groups excluding carboxylic acids is 2. The van der Waals surface area contributed by atoms with Gasteiger partial charge >= 0.3 is 6.03 Å². The van der Waals surface area contributed by atoms with Crippen LogP contribution in [0.4, 0.5) is 9.18 Å². The molecule has 3 unspecified atom stereocenters. The lowest BCUT2D eigenvalue weighted by molar-refractivity contribution is -0.124. The van der Waals surface area contributed by atoms with E-state index in [1.54, 1.807) is 12.1 Å². The van der Waals surface area contributed by atoms with Crippen LogP contribution in [0.5, 0.6) is 0 Å². The van der Waals surface area contributed by atoms with Gasteiger partial charge in [0.05, 0.1) is 0 Å². The summed E-state index contributed by atoms with van der Waals surface area (Å²) in [6, 6.07) is 5.49.